The molecule has 0 aliphatic carbocycles. The number of para-hydroxylation sites is 1. The SMILES string of the molecule is CN(CCOc1ccccc1F)CC(=O)NCc1ccccc1. The Balaban J connectivity index is 1.65. The second kappa shape index (κ2) is 8.90. The summed E-state index contributed by atoms with van der Waals surface area (Å²) in [6.45, 7) is 1.64. The minimum Gasteiger partial charge on any atom is -0.489 e. The summed E-state index contributed by atoms with van der Waals surface area (Å²) in [6, 6.07) is 16.0. The van der Waals surface area contributed by atoms with Gasteiger partial charge in [-0.25, -0.2) is 4.39 Å². The number of rotatable bonds is 8. The van der Waals surface area contributed by atoms with Crippen molar-refractivity contribution in [1.82, 2.24) is 10.2 Å². The first-order valence-corrected chi connectivity index (χ1v) is 7.51. The molecule has 0 aromatic heterocycles. The number of likely N-dealkylation sites (N-methyl/N-ethyl adjacent to an activating group) is 1. The fourth-order valence-electron chi connectivity index (χ4n) is 2.05. The maximum atomic E-state index is 13.4. The van der Waals surface area contributed by atoms with E-state index in [1.807, 2.05) is 42.3 Å². The third-order valence-electron chi connectivity index (χ3n) is 3.31. The van der Waals surface area contributed by atoms with Crippen molar-refractivity contribution in [3.63, 3.8) is 0 Å². The molecule has 0 unspecified atom stereocenters. The van der Waals surface area contributed by atoms with Crippen molar-refractivity contribution in [1.29, 1.82) is 0 Å². The molecular weight excluding hydrogens is 295 g/mol. The summed E-state index contributed by atoms with van der Waals surface area (Å²) in [7, 11) is 1.83. The van der Waals surface area contributed by atoms with E-state index in [1.54, 1.807) is 18.2 Å². The van der Waals surface area contributed by atoms with Gasteiger partial charge in [-0.3, -0.25) is 9.69 Å². The van der Waals surface area contributed by atoms with Crippen molar-refractivity contribution >= 4 is 5.91 Å². The third kappa shape index (κ3) is 6.08. The van der Waals surface area contributed by atoms with Gasteiger partial charge < -0.3 is 10.1 Å². The molecule has 0 radical (unpaired) electrons. The molecule has 0 saturated heterocycles. The van der Waals surface area contributed by atoms with Gasteiger partial charge in [0.2, 0.25) is 5.91 Å². The van der Waals surface area contributed by atoms with Crippen LogP contribution in [0.4, 0.5) is 4.39 Å². The molecule has 0 fully saturated rings. The average Bonchev–Trinajstić information content (AvgIpc) is 2.56. The standard InChI is InChI=1S/C18H21FN2O2/c1-21(11-12-23-17-10-6-5-9-16(17)19)14-18(22)20-13-15-7-3-2-4-8-15/h2-10H,11-14H2,1H3,(H,20,22). The molecule has 122 valence electrons. The Morgan fingerprint density at radius 2 is 1.83 bits per heavy atom. The summed E-state index contributed by atoms with van der Waals surface area (Å²) in [4.78, 5) is 13.7. The van der Waals surface area contributed by atoms with Crippen LogP contribution in [0.2, 0.25) is 0 Å². The second-order valence-electron chi connectivity index (χ2n) is 5.28. The Labute approximate surface area is 135 Å². The van der Waals surface area contributed by atoms with Crippen LogP contribution < -0.4 is 10.1 Å². The predicted octanol–water partition coefficient (Wildman–Crippen LogP) is 2.45. The zero-order chi connectivity index (χ0) is 16.5. The van der Waals surface area contributed by atoms with Crippen molar-refractivity contribution in [2.75, 3.05) is 26.7 Å². The van der Waals surface area contributed by atoms with Crippen LogP contribution in [0.5, 0.6) is 5.75 Å². The molecule has 0 saturated carbocycles. The van der Waals surface area contributed by atoms with Crippen molar-refractivity contribution in [3.05, 3.63) is 66.0 Å². The van der Waals surface area contributed by atoms with Gasteiger partial charge in [0, 0.05) is 13.1 Å². The van der Waals surface area contributed by atoms with Crippen LogP contribution in [0.15, 0.2) is 54.6 Å². The number of nitrogens with zero attached hydrogens (tertiary/aromatic N) is 1. The van der Waals surface area contributed by atoms with E-state index >= 15 is 0 Å². The minimum absolute atomic E-state index is 0.0535. The number of benzene rings is 2. The number of ether oxygens (including phenoxy) is 1. The highest BCUT2D eigenvalue weighted by Crippen LogP contribution is 2.14. The van der Waals surface area contributed by atoms with E-state index in [9.17, 15) is 9.18 Å². The zero-order valence-electron chi connectivity index (χ0n) is 13.2. The summed E-state index contributed by atoms with van der Waals surface area (Å²) in [5.41, 5.74) is 1.06. The van der Waals surface area contributed by atoms with Gasteiger partial charge in [0.15, 0.2) is 11.6 Å². The topological polar surface area (TPSA) is 41.6 Å². The quantitative estimate of drug-likeness (QED) is 0.813. The largest absolute Gasteiger partial charge is 0.489 e. The highest BCUT2D eigenvalue weighted by molar-refractivity contribution is 5.77. The van der Waals surface area contributed by atoms with Gasteiger partial charge in [-0.2, -0.15) is 0 Å². The maximum absolute atomic E-state index is 13.4. The maximum Gasteiger partial charge on any atom is 0.234 e. The van der Waals surface area contributed by atoms with E-state index in [0.717, 1.165) is 5.56 Å². The molecule has 0 aliphatic heterocycles. The molecule has 0 bridgehead atoms. The number of hydrogen-bond acceptors (Lipinski definition) is 3. The van der Waals surface area contributed by atoms with Crippen LogP contribution in [-0.2, 0) is 11.3 Å². The predicted molar refractivity (Wildman–Crippen MR) is 87.7 cm³/mol. The third-order valence-corrected chi connectivity index (χ3v) is 3.31. The van der Waals surface area contributed by atoms with Gasteiger partial charge >= 0.3 is 0 Å². The van der Waals surface area contributed by atoms with Crippen LogP contribution in [0, 0.1) is 5.82 Å². The Bertz CT molecular complexity index is 619. The number of carbonyl (C=O) groups is 1. The Hall–Kier alpha value is -2.40. The van der Waals surface area contributed by atoms with E-state index < -0.39 is 0 Å². The second-order valence-corrected chi connectivity index (χ2v) is 5.28. The highest BCUT2D eigenvalue weighted by Gasteiger charge is 2.07. The monoisotopic (exact) mass is 316 g/mol. The molecule has 0 aliphatic rings. The van der Waals surface area contributed by atoms with Gasteiger partial charge in [-0.1, -0.05) is 42.5 Å². The van der Waals surface area contributed by atoms with Gasteiger partial charge in [0.1, 0.15) is 6.61 Å². The van der Waals surface area contributed by atoms with E-state index in [0.29, 0.717) is 19.7 Å². The van der Waals surface area contributed by atoms with Crippen molar-refractivity contribution in [3.8, 4) is 5.75 Å². The molecule has 2 aromatic carbocycles. The number of halogens is 1. The Morgan fingerprint density at radius 1 is 1.13 bits per heavy atom. The lowest BCUT2D eigenvalue weighted by atomic mass is 10.2. The lowest BCUT2D eigenvalue weighted by molar-refractivity contribution is -0.122. The summed E-state index contributed by atoms with van der Waals surface area (Å²) >= 11 is 0. The fraction of sp³-hybridized carbons (Fsp3) is 0.278. The first kappa shape index (κ1) is 17.0. The molecule has 0 atom stereocenters. The number of nitrogens with one attached hydrogen (secondary N) is 1. The van der Waals surface area contributed by atoms with Crippen LogP contribution >= 0.6 is 0 Å². The Kier molecular flexibility index (Phi) is 6.56. The van der Waals surface area contributed by atoms with Gasteiger partial charge in [-0.15, -0.1) is 0 Å². The van der Waals surface area contributed by atoms with Gasteiger partial charge in [0.05, 0.1) is 6.54 Å². The van der Waals surface area contributed by atoms with E-state index in [4.69, 9.17) is 4.74 Å². The van der Waals surface area contributed by atoms with Crippen molar-refractivity contribution < 1.29 is 13.9 Å². The molecule has 2 aromatic rings. The zero-order valence-corrected chi connectivity index (χ0v) is 13.2. The van der Waals surface area contributed by atoms with E-state index in [-0.39, 0.29) is 24.0 Å². The van der Waals surface area contributed by atoms with E-state index in [2.05, 4.69) is 5.32 Å². The summed E-state index contributed by atoms with van der Waals surface area (Å²) < 4.78 is 18.8. The molecule has 1 N–H and O–H groups in total. The van der Waals surface area contributed by atoms with E-state index in [1.165, 1.54) is 6.07 Å². The smallest absolute Gasteiger partial charge is 0.234 e. The number of carbonyl (C=O) groups excluding carboxylic acids is 1. The lowest BCUT2D eigenvalue weighted by Gasteiger charge is -2.16. The minimum atomic E-state index is -0.379. The molecule has 1 amide bonds. The normalized spacial score (nSPS) is 10.6. The molecule has 5 heteroatoms. The number of hydrogen-bond donors (Lipinski definition) is 1. The van der Waals surface area contributed by atoms with Crippen LogP contribution in [0.3, 0.4) is 0 Å². The van der Waals surface area contributed by atoms with Gasteiger partial charge in [0.25, 0.3) is 0 Å². The highest BCUT2D eigenvalue weighted by atomic mass is 19.1. The molecule has 2 rings (SSSR count). The van der Waals surface area contributed by atoms with Crippen LogP contribution in [0.1, 0.15) is 5.56 Å². The van der Waals surface area contributed by atoms with Gasteiger partial charge in [-0.05, 0) is 24.7 Å². The first-order valence-electron chi connectivity index (χ1n) is 7.51. The van der Waals surface area contributed by atoms with Crippen LogP contribution in [-0.4, -0.2) is 37.6 Å². The summed E-state index contributed by atoms with van der Waals surface area (Å²) in [5, 5.41) is 2.87. The number of amides is 1. The van der Waals surface area contributed by atoms with Crippen LogP contribution in [0.25, 0.3) is 0 Å². The first-order chi connectivity index (χ1) is 11.1. The summed E-state index contributed by atoms with van der Waals surface area (Å²) in [6.07, 6.45) is 0. The molecule has 0 spiro atoms. The molecule has 4 nitrogen and oxygen atoms in total. The molecule has 0 heterocycles. The fourth-order valence-corrected chi connectivity index (χ4v) is 2.05. The molecular formula is C18H21FN2O2. The Morgan fingerprint density at radius 3 is 2.57 bits per heavy atom. The van der Waals surface area contributed by atoms with Crippen molar-refractivity contribution in [2.45, 2.75) is 6.54 Å². The summed E-state index contributed by atoms with van der Waals surface area (Å²) in [5.74, 6) is -0.201. The lowest BCUT2D eigenvalue weighted by Crippen LogP contribution is -2.36. The molecule has 23 heavy (non-hydrogen) atoms. The average molecular weight is 316 g/mol. The van der Waals surface area contributed by atoms with Crippen molar-refractivity contribution in [2.24, 2.45) is 0 Å².